The number of hydrogen-bond donors (Lipinski definition) is 1. The van der Waals surface area contributed by atoms with Gasteiger partial charge in [0.2, 0.25) is 0 Å². The molecule has 0 aliphatic rings. The molecule has 0 radical (unpaired) electrons. The number of hydrogen-bond acceptors (Lipinski definition) is 3. The van der Waals surface area contributed by atoms with Crippen LogP contribution in [0.3, 0.4) is 0 Å². The van der Waals surface area contributed by atoms with Gasteiger partial charge in [0.05, 0.1) is 12.1 Å². The summed E-state index contributed by atoms with van der Waals surface area (Å²) >= 11 is 3.32. The predicted molar refractivity (Wildman–Crippen MR) is 82.6 cm³/mol. The van der Waals surface area contributed by atoms with Crippen LogP contribution < -0.4 is 5.32 Å². The van der Waals surface area contributed by atoms with Gasteiger partial charge in [-0.2, -0.15) is 0 Å². The highest BCUT2D eigenvalue weighted by Gasteiger charge is 2.16. The van der Waals surface area contributed by atoms with Gasteiger partial charge in [-0.15, -0.1) is 0 Å². The molecule has 20 heavy (non-hydrogen) atoms. The highest BCUT2D eigenvalue weighted by atomic mass is 79.9. The Morgan fingerprint density at radius 1 is 0.950 bits per heavy atom. The SMILES string of the molecule is CC(NC(C)c1cc2ccccc2o1)c1ccc(Br)o1. The molecule has 0 saturated carbocycles. The third-order valence-corrected chi connectivity index (χ3v) is 3.82. The van der Waals surface area contributed by atoms with Crippen LogP contribution >= 0.6 is 15.9 Å². The fourth-order valence-electron chi connectivity index (χ4n) is 2.32. The van der Waals surface area contributed by atoms with Gasteiger partial charge in [-0.1, -0.05) is 18.2 Å². The molecule has 0 fully saturated rings. The van der Waals surface area contributed by atoms with Crippen LogP contribution in [0.5, 0.6) is 0 Å². The Balaban J connectivity index is 1.76. The summed E-state index contributed by atoms with van der Waals surface area (Å²) in [5, 5.41) is 4.61. The molecule has 104 valence electrons. The summed E-state index contributed by atoms with van der Waals surface area (Å²) in [7, 11) is 0. The van der Waals surface area contributed by atoms with Gasteiger partial charge in [0.15, 0.2) is 4.67 Å². The van der Waals surface area contributed by atoms with Crippen LogP contribution in [-0.4, -0.2) is 0 Å². The Bertz CT molecular complexity index is 683. The van der Waals surface area contributed by atoms with E-state index < -0.39 is 0 Å². The molecule has 2 aromatic heterocycles. The summed E-state index contributed by atoms with van der Waals surface area (Å²) in [6.07, 6.45) is 0. The third kappa shape index (κ3) is 2.67. The van der Waals surface area contributed by atoms with Crippen molar-refractivity contribution in [3.05, 3.63) is 58.7 Å². The number of halogens is 1. The van der Waals surface area contributed by atoms with Gasteiger partial charge in [-0.05, 0) is 54.0 Å². The van der Waals surface area contributed by atoms with Gasteiger partial charge in [0, 0.05) is 5.39 Å². The number of para-hydroxylation sites is 1. The van der Waals surface area contributed by atoms with E-state index in [4.69, 9.17) is 8.83 Å². The first-order valence-electron chi connectivity index (χ1n) is 6.63. The molecule has 3 nitrogen and oxygen atoms in total. The molecule has 3 aromatic rings. The van der Waals surface area contributed by atoms with Crippen LogP contribution in [0, 0.1) is 0 Å². The minimum Gasteiger partial charge on any atom is -0.459 e. The zero-order valence-electron chi connectivity index (χ0n) is 11.4. The number of rotatable bonds is 4. The van der Waals surface area contributed by atoms with E-state index in [0.717, 1.165) is 27.2 Å². The van der Waals surface area contributed by atoms with Crippen LogP contribution in [0.1, 0.15) is 37.5 Å². The Kier molecular flexibility index (Phi) is 3.68. The highest BCUT2D eigenvalue weighted by molar-refractivity contribution is 9.10. The standard InChI is InChI=1S/C16H16BrNO2/c1-10(13-7-8-16(17)20-13)18-11(2)15-9-12-5-3-4-6-14(12)19-15/h3-11,18H,1-2H3. The van der Waals surface area contributed by atoms with E-state index in [1.165, 1.54) is 0 Å². The molecule has 0 aliphatic carbocycles. The molecule has 0 saturated heterocycles. The quantitative estimate of drug-likeness (QED) is 0.713. The molecule has 1 aromatic carbocycles. The molecule has 2 atom stereocenters. The zero-order chi connectivity index (χ0) is 14.1. The number of benzene rings is 1. The Hall–Kier alpha value is -1.52. The topological polar surface area (TPSA) is 38.3 Å². The summed E-state index contributed by atoms with van der Waals surface area (Å²) in [4.78, 5) is 0. The normalized spacial score (nSPS) is 14.6. The largest absolute Gasteiger partial charge is 0.459 e. The van der Waals surface area contributed by atoms with Crippen LogP contribution in [-0.2, 0) is 0 Å². The molecule has 0 aliphatic heterocycles. The number of fused-ring (bicyclic) bond motifs is 1. The van der Waals surface area contributed by atoms with Crippen LogP contribution in [0.25, 0.3) is 11.0 Å². The number of nitrogens with one attached hydrogen (secondary N) is 1. The molecule has 2 unspecified atom stereocenters. The molecule has 3 rings (SSSR count). The number of furan rings is 2. The maximum Gasteiger partial charge on any atom is 0.169 e. The second kappa shape index (κ2) is 5.46. The van der Waals surface area contributed by atoms with Crippen molar-refractivity contribution < 1.29 is 8.83 Å². The molecular formula is C16H16BrNO2. The van der Waals surface area contributed by atoms with Crippen molar-refractivity contribution in [2.75, 3.05) is 0 Å². The monoisotopic (exact) mass is 333 g/mol. The van der Waals surface area contributed by atoms with Gasteiger partial charge in [0.1, 0.15) is 17.1 Å². The van der Waals surface area contributed by atoms with E-state index in [9.17, 15) is 0 Å². The summed E-state index contributed by atoms with van der Waals surface area (Å²) < 4.78 is 12.2. The summed E-state index contributed by atoms with van der Waals surface area (Å²) in [5.41, 5.74) is 0.921. The summed E-state index contributed by atoms with van der Waals surface area (Å²) in [6, 6.07) is 14.2. The molecule has 0 spiro atoms. The summed E-state index contributed by atoms with van der Waals surface area (Å²) in [6.45, 7) is 4.16. The molecular weight excluding hydrogens is 318 g/mol. The van der Waals surface area contributed by atoms with E-state index in [2.05, 4.69) is 47.2 Å². The average molecular weight is 334 g/mol. The lowest BCUT2D eigenvalue weighted by molar-refractivity contribution is 0.367. The van der Waals surface area contributed by atoms with E-state index in [0.29, 0.717) is 0 Å². The minimum atomic E-state index is 0.112. The smallest absolute Gasteiger partial charge is 0.169 e. The van der Waals surface area contributed by atoms with E-state index in [-0.39, 0.29) is 12.1 Å². The van der Waals surface area contributed by atoms with Crippen LogP contribution in [0.4, 0.5) is 0 Å². The first kappa shape index (κ1) is 13.5. The lowest BCUT2D eigenvalue weighted by atomic mass is 10.2. The molecule has 2 heterocycles. The van der Waals surface area contributed by atoms with Crippen LogP contribution in [0.2, 0.25) is 0 Å². The van der Waals surface area contributed by atoms with Crippen molar-refractivity contribution in [2.24, 2.45) is 0 Å². The minimum absolute atomic E-state index is 0.112. The zero-order valence-corrected chi connectivity index (χ0v) is 13.0. The lowest BCUT2D eigenvalue weighted by Gasteiger charge is -2.16. The molecule has 0 bridgehead atoms. The first-order chi connectivity index (χ1) is 9.63. The van der Waals surface area contributed by atoms with Crippen LogP contribution in [0.15, 0.2) is 56.0 Å². The molecule has 4 heteroatoms. The maximum absolute atomic E-state index is 5.87. The predicted octanol–water partition coefficient (Wildman–Crippen LogP) is 5.20. The second-order valence-corrected chi connectivity index (χ2v) is 5.72. The fourth-order valence-corrected chi connectivity index (χ4v) is 2.64. The summed E-state index contributed by atoms with van der Waals surface area (Å²) in [5.74, 6) is 1.84. The highest BCUT2D eigenvalue weighted by Crippen LogP contribution is 2.27. The van der Waals surface area contributed by atoms with Crippen molar-refractivity contribution >= 4 is 26.9 Å². The van der Waals surface area contributed by atoms with Gasteiger partial charge in [-0.3, -0.25) is 5.32 Å². The average Bonchev–Trinajstić information content (AvgIpc) is 3.04. The van der Waals surface area contributed by atoms with Crippen molar-refractivity contribution in [3.63, 3.8) is 0 Å². The van der Waals surface area contributed by atoms with Crippen molar-refractivity contribution in [2.45, 2.75) is 25.9 Å². The van der Waals surface area contributed by atoms with E-state index in [1.807, 2.05) is 30.3 Å². The Morgan fingerprint density at radius 3 is 2.40 bits per heavy atom. The molecule has 0 amide bonds. The van der Waals surface area contributed by atoms with Crippen molar-refractivity contribution in [1.82, 2.24) is 5.32 Å². The van der Waals surface area contributed by atoms with Gasteiger partial charge in [0.25, 0.3) is 0 Å². The van der Waals surface area contributed by atoms with Crippen molar-refractivity contribution in [3.8, 4) is 0 Å². The van der Waals surface area contributed by atoms with Gasteiger partial charge >= 0.3 is 0 Å². The Labute approximate surface area is 126 Å². The van der Waals surface area contributed by atoms with Crippen molar-refractivity contribution in [1.29, 1.82) is 0 Å². The lowest BCUT2D eigenvalue weighted by Crippen LogP contribution is -2.21. The second-order valence-electron chi connectivity index (χ2n) is 4.94. The maximum atomic E-state index is 5.87. The van der Waals surface area contributed by atoms with Gasteiger partial charge < -0.3 is 8.83 Å². The van der Waals surface area contributed by atoms with Gasteiger partial charge in [-0.25, -0.2) is 0 Å². The van der Waals surface area contributed by atoms with E-state index >= 15 is 0 Å². The van der Waals surface area contributed by atoms with E-state index in [1.54, 1.807) is 0 Å². The third-order valence-electron chi connectivity index (χ3n) is 3.39. The molecule has 1 N–H and O–H groups in total. The Morgan fingerprint density at radius 2 is 1.70 bits per heavy atom. The fraction of sp³-hybridized carbons (Fsp3) is 0.250. The first-order valence-corrected chi connectivity index (χ1v) is 7.42.